The quantitative estimate of drug-likeness (QED) is 0.574. The van der Waals surface area contributed by atoms with E-state index in [-0.39, 0.29) is 34.9 Å². The lowest BCUT2D eigenvalue weighted by Crippen LogP contribution is -2.39. The van der Waals surface area contributed by atoms with Gasteiger partial charge >= 0.3 is 6.03 Å². The number of hydrogen-bond acceptors (Lipinski definition) is 3. The van der Waals surface area contributed by atoms with E-state index in [0.29, 0.717) is 17.3 Å². The molecule has 3 N–H and O–H groups in total. The van der Waals surface area contributed by atoms with E-state index < -0.39 is 0 Å². The van der Waals surface area contributed by atoms with Crippen molar-refractivity contribution in [3.63, 3.8) is 0 Å². The summed E-state index contributed by atoms with van der Waals surface area (Å²) in [5.41, 5.74) is 6.51. The highest BCUT2D eigenvalue weighted by Crippen LogP contribution is 2.32. The molecule has 0 saturated heterocycles. The van der Waals surface area contributed by atoms with E-state index in [2.05, 4.69) is 16.2 Å². The summed E-state index contributed by atoms with van der Waals surface area (Å²) in [5, 5.41) is 3.65. The molecule has 0 aliphatic rings. The third kappa shape index (κ3) is 6.82. The number of carbonyl (C=O) groups excluding carboxylic acids is 2. The van der Waals surface area contributed by atoms with Crippen molar-refractivity contribution in [3.05, 3.63) is 63.1 Å². The second kappa shape index (κ2) is 10.3. The molecular weight excluding hydrogens is 411 g/mol. The van der Waals surface area contributed by atoms with Gasteiger partial charge in [-0.3, -0.25) is 15.6 Å². The van der Waals surface area contributed by atoms with Gasteiger partial charge in [-0.1, -0.05) is 65.1 Å². The average molecular weight is 430 g/mol. The van der Waals surface area contributed by atoms with E-state index in [0.717, 1.165) is 5.56 Å². The van der Waals surface area contributed by atoms with E-state index >= 15 is 0 Å². The largest absolute Gasteiger partial charge is 0.337 e. The Kier molecular flexibility index (Phi) is 8.03. The normalized spacial score (nSPS) is 10.2. The van der Waals surface area contributed by atoms with Crippen LogP contribution in [0.15, 0.2) is 42.5 Å². The first-order valence-electron chi connectivity index (χ1n) is 8.09. The van der Waals surface area contributed by atoms with Gasteiger partial charge in [-0.15, -0.1) is 0 Å². The highest BCUT2D eigenvalue weighted by atomic mass is 35.5. The SMILES string of the molecule is CN(Cc1ccccc1)C(=O)NCCC(=O)NNc1c(Cl)cc(Cl)cc1Cl. The standard InChI is InChI=1S/C18H19Cl3N4O2/c1-25(11-12-5-3-2-4-6-12)18(27)22-8-7-16(26)23-24-17-14(20)9-13(19)10-15(17)21/h2-6,9-10,24H,7-8,11H2,1H3,(H,22,27)(H,23,26). The van der Waals surface area contributed by atoms with E-state index in [1.807, 2.05) is 30.3 Å². The highest BCUT2D eigenvalue weighted by molar-refractivity contribution is 6.41. The number of rotatable bonds is 7. The van der Waals surface area contributed by atoms with Crippen LogP contribution in [0.4, 0.5) is 10.5 Å². The Bertz CT molecular complexity index is 779. The summed E-state index contributed by atoms with van der Waals surface area (Å²) < 4.78 is 0. The molecule has 27 heavy (non-hydrogen) atoms. The molecule has 0 bridgehead atoms. The molecule has 0 aromatic heterocycles. The summed E-state index contributed by atoms with van der Waals surface area (Å²) in [6.07, 6.45) is 0.0841. The number of benzene rings is 2. The van der Waals surface area contributed by atoms with Gasteiger partial charge in [-0.25, -0.2) is 4.79 Å². The third-order valence-electron chi connectivity index (χ3n) is 3.57. The lowest BCUT2D eigenvalue weighted by molar-refractivity contribution is -0.120. The Morgan fingerprint density at radius 1 is 1.04 bits per heavy atom. The Balaban J connectivity index is 1.72. The molecule has 144 valence electrons. The molecule has 0 spiro atoms. The molecule has 2 rings (SSSR count). The maximum atomic E-state index is 12.0. The Labute approximate surface area is 172 Å². The van der Waals surface area contributed by atoms with E-state index in [1.54, 1.807) is 11.9 Å². The molecule has 0 heterocycles. The number of nitrogens with zero attached hydrogens (tertiary/aromatic N) is 1. The van der Waals surface area contributed by atoms with Gasteiger partial charge in [0.2, 0.25) is 5.91 Å². The van der Waals surface area contributed by atoms with Gasteiger partial charge in [-0.05, 0) is 17.7 Å². The average Bonchev–Trinajstić information content (AvgIpc) is 2.61. The number of halogens is 3. The fourth-order valence-electron chi connectivity index (χ4n) is 2.20. The second-order valence-electron chi connectivity index (χ2n) is 5.74. The minimum absolute atomic E-state index is 0.0841. The first kappa shape index (κ1) is 21.2. The topological polar surface area (TPSA) is 73.5 Å². The van der Waals surface area contributed by atoms with Gasteiger partial charge in [0.15, 0.2) is 0 Å². The molecule has 2 aromatic rings. The lowest BCUT2D eigenvalue weighted by atomic mass is 10.2. The number of urea groups is 1. The number of anilines is 1. The van der Waals surface area contributed by atoms with Crippen molar-refractivity contribution in [2.45, 2.75) is 13.0 Å². The first-order chi connectivity index (χ1) is 12.9. The fraction of sp³-hybridized carbons (Fsp3) is 0.222. The van der Waals surface area contributed by atoms with E-state index in [9.17, 15) is 9.59 Å². The van der Waals surface area contributed by atoms with E-state index in [4.69, 9.17) is 34.8 Å². The van der Waals surface area contributed by atoms with Crippen LogP contribution in [0.3, 0.4) is 0 Å². The monoisotopic (exact) mass is 428 g/mol. The zero-order valence-corrected chi connectivity index (χ0v) is 16.8. The van der Waals surface area contributed by atoms with Crippen LogP contribution in [0, 0.1) is 0 Å². The minimum Gasteiger partial charge on any atom is -0.337 e. The molecule has 3 amide bonds. The Hall–Kier alpha value is -2.15. The van der Waals surface area contributed by atoms with Crippen molar-refractivity contribution < 1.29 is 9.59 Å². The number of hydrogen-bond donors (Lipinski definition) is 3. The molecule has 2 aromatic carbocycles. The molecule has 0 atom stereocenters. The summed E-state index contributed by atoms with van der Waals surface area (Å²) in [5.74, 6) is -0.330. The third-order valence-corrected chi connectivity index (χ3v) is 4.39. The lowest BCUT2D eigenvalue weighted by Gasteiger charge is -2.18. The van der Waals surface area contributed by atoms with Crippen LogP contribution in [-0.4, -0.2) is 30.4 Å². The Morgan fingerprint density at radius 3 is 2.30 bits per heavy atom. The summed E-state index contributed by atoms with van der Waals surface area (Å²) in [6.45, 7) is 0.668. The number of hydrazine groups is 1. The molecule has 0 unspecified atom stereocenters. The van der Waals surface area contributed by atoms with Gasteiger partial charge in [0, 0.05) is 31.6 Å². The second-order valence-corrected chi connectivity index (χ2v) is 6.99. The van der Waals surface area contributed by atoms with Gasteiger partial charge in [-0.2, -0.15) is 0 Å². The van der Waals surface area contributed by atoms with Crippen molar-refractivity contribution in [1.82, 2.24) is 15.6 Å². The predicted octanol–water partition coefficient (Wildman–Crippen LogP) is 4.32. The van der Waals surface area contributed by atoms with Crippen LogP contribution >= 0.6 is 34.8 Å². The molecule has 0 radical (unpaired) electrons. The molecular formula is C18H19Cl3N4O2. The zero-order chi connectivity index (χ0) is 19.8. The van der Waals surface area contributed by atoms with Gasteiger partial charge in [0.25, 0.3) is 0 Å². The summed E-state index contributed by atoms with van der Waals surface area (Å²) in [4.78, 5) is 25.5. The van der Waals surface area contributed by atoms with Crippen molar-refractivity contribution in [1.29, 1.82) is 0 Å². The first-order valence-corrected chi connectivity index (χ1v) is 9.22. The van der Waals surface area contributed by atoms with Crippen LogP contribution < -0.4 is 16.2 Å². The van der Waals surface area contributed by atoms with Crippen LogP contribution in [0.1, 0.15) is 12.0 Å². The number of amides is 3. The van der Waals surface area contributed by atoms with Gasteiger partial charge in [0.1, 0.15) is 0 Å². The number of nitrogens with one attached hydrogen (secondary N) is 3. The van der Waals surface area contributed by atoms with Crippen LogP contribution in [0.2, 0.25) is 15.1 Å². The molecule has 9 heteroatoms. The summed E-state index contributed by atoms with van der Waals surface area (Å²) in [6, 6.07) is 12.4. The van der Waals surface area contributed by atoms with Gasteiger partial charge < -0.3 is 10.2 Å². The maximum absolute atomic E-state index is 12.0. The van der Waals surface area contributed by atoms with Gasteiger partial charge in [0.05, 0.1) is 15.7 Å². The smallest absolute Gasteiger partial charge is 0.317 e. The Morgan fingerprint density at radius 2 is 1.67 bits per heavy atom. The summed E-state index contributed by atoms with van der Waals surface area (Å²) in [7, 11) is 1.69. The maximum Gasteiger partial charge on any atom is 0.317 e. The van der Waals surface area contributed by atoms with Crippen LogP contribution in [0.5, 0.6) is 0 Å². The summed E-state index contributed by atoms with van der Waals surface area (Å²) >= 11 is 17.9. The zero-order valence-electron chi connectivity index (χ0n) is 14.6. The van der Waals surface area contributed by atoms with Crippen LogP contribution in [0.25, 0.3) is 0 Å². The molecule has 6 nitrogen and oxygen atoms in total. The number of carbonyl (C=O) groups is 2. The molecule has 0 fully saturated rings. The fourth-order valence-corrected chi connectivity index (χ4v) is 3.11. The van der Waals surface area contributed by atoms with Crippen molar-refractivity contribution in [2.24, 2.45) is 0 Å². The molecule has 0 saturated carbocycles. The van der Waals surface area contributed by atoms with Crippen molar-refractivity contribution in [3.8, 4) is 0 Å². The molecule has 0 aliphatic carbocycles. The van der Waals surface area contributed by atoms with Crippen molar-refractivity contribution in [2.75, 3.05) is 19.0 Å². The van der Waals surface area contributed by atoms with Crippen LogP contribution in [-0.2, 0) is 11.3 Å². The van der Waals surface area contributed by atoms with E-state index in [1.165, 1.54) is 12.1 Å². The predicted molar refractivity (Wildman–Crippen MR) is 109 cm³/mol. The van der Waals surface area contributed by atoms with Crippen molar-refractivity contribution >= 4 is 52.4 Å². The highest BCUT2D eigenvalue weighted by Gasteiger charge is 2.11. The molecule has 0 aliphatic heterocycles. The minimum atomic E-state index is -0.330.